The monoisotopic (exact) mass is 351 g/mol. The molecule has 7 nitrogen and oxygen atoms in total. The van der Waals surface area contributed by atoms with Gasteiger partial charge in [-0.2, -0.15) is 0 Å². The number of morpholine rings is 1. The van der Waals surface area contributed by atoms with Crippen LogP contribution in [0.2, 0.25) is 0 Å². The highest BCUT2D eigenvalue weighted by atomic mass is 16.5. The molecule has 1 saturated heterocycles. The minimum Gasteiger partial charge on any atom is -0.472 e. The van der Waals surface area contributed by atoms with E-state index in [9.17, 15) is 9.59 Å². The summed E-state index contributed by atoms with van der Waals surface area (Å²) in [6.07, 6.45) is 4.07. The number of nitrogens with one attached hydrogen (secondary N) is 1. The molecule has 0 spiro atoms. The van der Waals surface area contributed by atoms with E-state index in [0.29, 0.717) is 25.1 Å². The summed E-state index contributed by atoms with van der Waals surface area (Å²) < 4.78 is 10.3. The topological polar surface area (TPSA) is 75.0 Å². The predicted molar refractivity (Wildman–Crippen MR) is 94.4 cm³/mol. The van der Waals surface area contributed by atoms with E-state index < -0.39 is 0 Å². The summed E-state index contributed by atoms with van der Waals surface area (Å²) >= 11 is 0. The maximum atomic E-state index is 12.6. The molecule has 1 aliphatic heterocycles. The van der Waals surface area contributed by atoms with Crippen LogP contribution in [0.5, 0.6) is 0 Å². The SMILES string of the molecule is CCC(C)N(CCC(=O)NCCN1CCOCC1)C(=O)c1ccoc1. The largest absolute Gasteiger partial charge is 0.472 e. The highest BCUT2D eigenvalue weighted by Crippen LogP contribution is 2.12. The fourth-order valence-electron chi connectivity index (χ4n) is 2.78. The van der Waals surface area contributed by atoms with Crippen LogP contribution in [0.1, 0.15) is 37.0 Å². The van der Waals surface area contributed by atoms with Crippen molar-refractivity contribution >= 4 is 11.8 Å². The molecule has 0 saturated carbocycles. The lowest BCUT2D eigenvalue weighted by Crippen LogP contribution is -2.43. The van der Waals surface area contributed by atoms with E-state index in [-0.39, 0.29) is 17.9 Å². The first-order valence-corrected chi connectivity index (χ1v) is 9.01. The van der Waals surface area contributed by atoms with Crippen molar-refractivity contribution in [3.63, 3.8) is 0 Å². The molecule has 140 valence electrons. The van der Waals surface area contributed by atoms with Gasteiger partial charge in [-0.3, -0.25) is 14.5 Å². The van der Waals surface area contributed by atoms with Crippen LogP contribution in [0.3, 0.4) is 0 Å². The van der Waals surface area contributed by atoms with Crippen LogP contribution in [0.4, 0.5) is 0 Å². The molecule has 1 N–H and O–H groups in total. The molecule has 1 aromatic rings. The molecule has 2 amide bonds. The van der Waals surface area contributed by atoms with Crippen molar-refractivity contribution in [3.8, 4) is 0 Å². The molecule has 7 heteroatoms. The summed E-state index contributed by atoms with van der Waals surface area (Å²) in [5.41, 5.74) is 0.521. The van der Waals surface area contributed by atoms with Gasteiger partial charge in [-0.25, -0.2) is 0 Å². The Morgan fingerprint density at radius 2 is 2.12 bits per heavy atom. The van der Waals surface area contributed by atoms with Gasteiger partial charge in [0, 0.05) is 45.2 Å². The van der Waals surface area contributed by atoms with Crippen LogP contribution in [0.15, 0.2) is 23.0 Å². The highest BCUT2D eigenvalue weighted by molar-refractivity contribution is 5.94. The Morgan fingerprint density at radius 1 is 1.36 bits per heavy atom. The first kappa shape index (κ1) is 19.5. The lowest BCUT2D eigenvalue weighted by atomic mass is 10.1. The second-order valence-corrected chi connectivity index (χ2v) is 6.32. The number of amides is 2. The van der Waals surface area contributed by atoms with Crippen molar-refractivity contribution in [1.82, 2.24) is 15.1 Å². The lowest BCUT2D eigenvalue weighted by molar-refractivity contribution is -0.121. The Bertz CT molecular complexity index is 526. The summed E-state index contributed by atoms with van der Waals surface area (Å²) in [6, 6.07) is 1.73. The van der Waals surface area contributed by atoms with Gasteiger partial charge in [-0.15, -0.1) is 0 Å². The normalized spacial score (nSPS) is 16.4. The summed E-state index contributed by atoms with van der Waals surface area (Å²) in [4.78, 5) is 28.7. The molecule has 0 aromatic carbocycles. The highest BCUT2D eigenvalue weighted by Gasteiger charge is 2.22. The summed E-state index contributed by atoms with van der Waals surface area (Å²) in [7, 11) is 0. The van der Waals surface area contributed by atoms with Crippen molar-refractivity contribution in [3.05, 3.63) is 24.2 Å². The van der Waals surface area contributed by atoms with Gasteiger partial charge in [0.25, 0.3) is 5.91 Å². The van der Waals surface area contributed by atoms with Crippen LogP contribution in [0.25, 0.3) is 0 Å². The molecule has 1 atom stereocenters. The molecule has 0 radical (unpaired) electrons. The van der Waals surface area contributed by atoms with Crippen molar-refractivity contribution < 1.29 is 18.7 Å². The molecule has 2 rings (SSSR count). The Hall–Kier alpha value is -1.86. The quantitative estimate of drug-likeness (QED) is 0.727. The predicted octanol–water partition coefficient (Wildman–Crippen LogP) is 1.36. The number of nitrogens with zero attached hydrogens (tertiary/aromatic N) is 2. The van der Waals surface area contributed by atoms with Gasteiger partial charge in [-0.1, -0.05) is 6.92 Å². The third-order valence-electron chi connectivity index (χ3n) is 4.59. The molecule has 1 fully saturated rings. The molecular weight excluding hydrogens is 322 g/mol. The van der Waals surface area contributed by atoms with E-state index in [1.54, 1.807) is 11.0 Å². The average Bonchev–Trinajstić information content (AvgIpc) is 3.17. The summed E-state index contributed by atoms with van der Waals surface area (Å²) in [5, 5.41) is 2.94. The van der Waals surface area contributed by atoms with E-state index >= 15 is 0 Å². The zero-order valence-electron chi connectivity index (χ0n) is 15.2. The van der Waals surface area contributed by atoms with E-state index in [1.807, 2.05) is 13.8 Å². The van der Waals surface area contributed by atoms with Crippen LogP contribution in [-0.4, -0.2) is 73.6 Å². The van der Waals surface area contributed by atoms with Gasteiger partial charge in [0.15, 0.2) is 0 Å². The number of hydrogen-bond donors (Lipinski definition) is 1. The molecule has 1 aromatic heterocycles. The zero-order valence-corrected chi connectivity index (χ0v) is 15.2. The molecule has 2 heterocycles. The maximum Gasteiger partial charge on any atom is 0.257 e. The van der Waals surface area contributed by atoms with Crippen LogP contribution in [0, 0.1) is 0 Å². The smallest absolute Gasteiger partial charge is 0.257 e. The number of hydrogen-bond acceptors (Lipinski definition) is 5. The maximum absolute atomic E-state index is 12.6. The standard InChI is InChI=1S/C18H29N3O4/c1-3-15(2)21(18(23)16-5-11-25-14-16)7-4-17(22)19-6-8-20-9-12-24-13-10-20/h5,11,14-15H,3-4,6-10,12-13H2,1-2H3,(H,19,22). The van der Waals surface area contributed by atoms with Gasteiger partial charge >= 0.3 is 0 Å². The number of ether oxygens (including phenoxy) is 1. The molecule has 25 heavy (non-hydrogen) atoms. The first-order valence-electron chi connectivity index (χ1n) is 9.01. The van der Waals surface area contributed by atoms with Gasteiger partial charge in [-0.05, 0) is 19.4 Å². The van der Waals surface area contributed by atoms with Crippen LogP contribution in [-0.2, 0) is 9.53 Å². The van der Waals surface area contributed by atoms with Gasteiger partial charge in [0.1, 0.15) is 6.26 Å². The number of carbonyl (C=O) groups is 2. The molecule has 0 aliphatic carbocycles. The summed E-state index contributed by atoms with van der Waals surface area (Å²) in [5.74, 6) is -0.120. The summed E-state index contributed by atoms with van der Waals surface area (Å²) in [6.45, 7) is 9.23. The second kappa shape index (κ2) is 10.2. The minimum atomic E-state index is -0.0933. The molecule has 0 bridgehead atoms. The van der Waals surface area contributed by atoms with Gasteiger partial charge in [0.2, 0.25) is 5.91 Å². The van der Waals surface area contributed by atoms with Crippen LogP contribution >= 0.6 is 0 Å². The van der Waals surface area contributed by atoms with Gasteiger partial charge < -0.3 is 19.4 Å². The van der Waals surface area contributed by atoms with E-state index in [2.05, 4.69) is 10.2 Å². The number of rotatable bonds is 9. The van der Waals surface area contributed by atoms with Crippen LogP contribution < -0.4 is 5.32 Å². The second-order valence-electron chi connectivity index (χ2n) is 6.32. The van der Waals surface area contributed by atoms with Crippen molar-refractivity contribution in [2.75, 3.05) is 45.9 Å². The first-order chi connectivity index (χ1) is 12.1. The third-order valence-corrected chi connectivity index (χ3v) is 4.59. The minimum absolute atomic E-state index is 0.0263. The van der Waals surface area contributed by atoms with E-state index in [0.717, 1.165) is 39.3 Å². The lowest BCUT2D eigenvalue weighted by Gasteiger charge is -2.28. The Labute approximate surface area is 149 Å². The molecular formula is C18H29N3O4. The third kappa shape index (κ3) is 6.17. The van der Waals surface area contributed by atoms with Crippen molar-refractivity contribution in [2.45, 2.75) is 32.7 Å². The number of furan rings is 1. The Kier molecular flexibility index (Phi) is 7.94. The Balaban J connectivity index is 1.75. The van der Waals surface area contributed by atoms with E-state index in [4.69, 9.17) is 9.15 Å². The Morgan fingerprint density at radius 3 is 2.76 bits per heavy atom. The zero-order chi connectivity index (χ0) is 18.1. The molecule has 1 unspecified atom stereocenters. The average molecular weight is 351 g/mol. The van der Waals surface area contributed by atoms with Crippen molar-refractivity contribution in [1.29, 1.82) is 0 Å². The van der Waals surface area contributed by atoms with Crippen molar-refractivity contribution in [2.24, 2.45) is 0 Å². The number of carbonyl (C=O) groups excluding carboxylic acids is 2. The fourth-order valence-corrected chi connectivity index (χ4v) is 2.78. The molecule has 1 aliphatic rings. The van der Waals surface area contributed by atoms with Gasteiger partial charge in [0.05, 0.1) is 25.0 Å². The van der Waals surface area contributed by atoms with E-state index in [1.165, 1.54) is 12.5 Å². The fraction of sp³-hybridized carbons (Fsp3) is 0.667.